The smallest absolute Gasteiger partial charge is 0.0698 e. The molecule has 5 aliphatic rings. The Morgan fingerprint density at radius 1 is 0.737 bits per heavy atom. The number of rotatable bonds is 5. The minimum atomic E-state index is -0.487. The fourth-order valence-corrected chi connectivity index (χ4v) is 11.7. The number of fused-ring (bicyclic) bond motifs is 5. The van der Waals surface area contributed by atoms with Gasteiger partial charge in [-0.25, -0.2) is 0 Å². The fourth-order valence-electron chi connectivity index (χ4n) is 11.7. The van der Waals surface area contributed by atoms with Gasteiger partial charge in [-0.3, -0.25) is 0 Å². The van der Waals surface area contributed by atoms with Crippen LogP contribution in [0.25, 0.3) is 0 Å². The zero-order valence-corrected chi connectivity index (χ0v) is 26.6. The van der Waals surface area contributed by atoms with Crippen LogP contribution in [0.3, 0.4) is 0 Å². The largest absolute Gasteiger partial charge is 0.390 e. The van der Waals surface area contributed by atoms with Gasteiger partial charge in [-0.05, 0) is 160 Å². The van der Waals surface area contributed by atoms with Crippen molar-refractivity contribution in [1.29, 1.82) is 0 Å². The van der Waals surface area contributed by atoms with Crippen LogP contribution in [-0.2, 0) is 0 Å². The number of aliphatic hydroxyl groups is 2. The molecule has 2 heteroatoms. The molecule has 38 heavy (non-hydrogen) atoms. The van der Waals surface area contributed by atoms with E-state index in [-0.39, 0.29) is 11.0 Å². The van der Waals surface area contributed by atoms with E-state index in [0.717, 1.165) is 73.5 Å². The van der Waals surface area contributed by atoms with Gasteiger partial charge in [0.25, 0.3) is 0 Å². The number of hydrogen-bond acceptors (Lipinski definition) is 2. The minimum absolute atomic E-state index is 0.0218. The summed E-state index contributed by atoms with van der Waals surface area (Å²) in [6.07, 6.45) is 18.4. The first-order valence-corrected chi connectivity index (χ1v) is 17.1. The third kappa shape index (κ3) is 4.86. The topological polar surface area (TPSA) is 40.5 Å². The molecule has 2 N–H and O–H groups in total. The van der Waals surface area contributed by atoms with Gasteiger partial charge in [0.05, 0.1) is 11.2 Å². The Balaban J connectivity index is 1.22. The summed E-state index contributed by atoms with van der Waals surface area (Å²) in [7, 11) is 0. The lowest BCUT2D eigenvalue weighted by Crippen LogP contribution is -2.58. The van der Waals surface area contributed by atoms with Crippen LogP contribution in [0.15, 0.2) is 0 Å². The zero-order valence-electron chi connectivity index (χ0n) is 26.6. The van der Waals surface area contributed by atoms with Crippen molar-refractivity contribution in [2.75, 3.05) is 0 Å². The summed E-state index contributed by atoms with van der Waals surface area (Å²) >= 11 is 0. The molecule has 0 heterocycles. The molecule has 5 fully saturated rings. The molecule has 0 aliphatic heterocycles. The Labute approximate surface area is 236 Å². The van der Waals surface area contributed by atoms with E-state index in [1.54, 1.807) is 0 Å². The zero-order chi connectivity index (χ0) is 27.7. The van der Waals surface area contributed by atoms with Crippen LogP contribution in [-0.4, -0.2) is 21.4 Å². The maximum Gasteiger partial charge on any atom is 0.0698 e. The van der Waals surface area contributed by atoms with Crippen LogP contribution < -0.4 is 0 Å². The molecule has 0 saturated heterocycles. The van der Waals surface area contributed by atoms with Gasteiger partial charge < -0.3 is 10.2 Å². The van der Waals surface area contributed by atoms with E-state index in [2.05, 4.69) is 55.4 Å². The van der Waals surface area contributed by atoms with Crippen molar-refractivity contribution in [3.8, 4) is 0 Å². The Hall–Kier alpha value is -0.0800. The van der Waals surface area contributed by atoms with Crippen LogP contribution >= 0.6 is 0 Å². The molecule has 9 atom stereocenters. The highest BCUT2D eigenvalue weighted by molar-refractivity contribution is 5.12. The maximum atomic E-state index is 11.6. The standard InChI is InChI=1S/C36H64O2/c1-24(2)26-14-19-35(37,20-15-26)18-13-25(3)29-11-12-30-28-10-9-27-23-36(38,32(4,5)6)22-21-33(27,7)31(28)16-17-34(29,30)8/h24-31,37-38H,9-23H2,1-8H3/t25-,26?,27+,28+,29-,30+,31+,33+,34-,35?,36+/m1/s1. The molecule has 0 aromatic carbocycles. The van der Waals surface area contributed by atoms with Gasteiger partial charge in [0.15, 0.2) is 0 Å². The Kier molecular flexibility index (Phi) is 7.76. The predicted molar refractivity (Wildman–Crippen MR) is 160 cm³/mol. The second kappa shape index (κ2) is 10.0. The summed E-state index contributed by atoms with van der Waals surface area (Å²) in [5.74, 6) is 6.54. The van der Waals surface area contributed by atoms with E-state index in [4.69, 9.17) is 0 Å². The highest BCUT2D eigenvalue weighted by atomic mass is 16.3. The van der Waals surface area contributed by atoms with Crippen LogP contribution in [0.5, 0.6) is 0 Å². The molecular weight excluding hydrogens is 464 g/mol. The van der Waals surface area contributed by atoms with Gasteiger partial charge in [-0.15, -0.1) is 0 Å². The van der Waals surface area contributed by atoms with Gasteiger partial charge in [-0.2, -0.15) is 0 Å². The van der Waals surface area contributed by atoms with Gasteiger partial charge in [0.2, 0.25) is 0 Å². The molecule has 2 nitrogen and oxygen atoms in total. The summed E-state index contributed by atoms with van der Waals surface area (Å²) in [6, 6.07) is 0. The molecule has 0 amide bonds. The van der Waals surface area contributed by atoms with Crippen LogP contribution in [0, 0.1) is 63.6 Å². The third-order valence-corrected chi connectivity index (χ3v) is 14.9. The van der Waals surface area contributed by atoms with Crippen molar-refractivity contribution in [2.45, 2.75) is 163 Å². The third-order valence-electron chi connectivity index (χ3n) is 14.9. The molecule has 5 rings (SSSR count). The Morgan fingerprint density at radius 2 is 1.39 bits per heavy atom. The lowest BCUT2D eigenvalue weighted by Gasteiger charge is -2.63. The van der Waals surface area contributed by atoms with Crippen molar-refractivity contribution in [3.05, 3.63) is 0 Å². The average Bonchev–Trinajstić information content (AvgIpc) is 3.20. The molecule has 5 saturated carbocycles. The molecule has 220 valence electrons. The minimum Gasteiger partial charge on any atom is -0.390 e. The van der Waals surface area contributed by atoms with Crippen molar-refractivity contribution in [2.24, 2.45) is 63.6 Å². The quantitative estimate of drug-likeness (QED) is 0.373. The summed E-state index contributed by atoms with van der Waals surface area (Å²) in [5, 5.41) is 23.0. The average molecular weight is 529 g/mol. The van der Waals surface area contributed by atoms with Crippen molar-refractivity contribution in [1.82, 2.24) is 0 Å². The van der Waals surface area contributed by atoms with E-state index in [1.165, 1.54) is 64.2 Å². The van der Waals surface area contributed by atoms with E-state index >= 15 is 0 Å². The first kappa shape index (κ1) is 29.4. The molecule has 0 unspecified atom stereocenters. The summed E-state index contributed by atoms with van der Waals surface area (Å²) in [4.78, 5) is 0. The van der Waals surface area contributed by atoms with E-state index < -0.39 is 5.60 Å². The number of hydrogen-bond donors (Lipinski definition) is 2. The molecular formula is C36H64O2. The highest BCUT2D eigenvalue weighted by Gasteiger charge is 2.62. The fraction of sp³-hybridized carbons (Fsp3) is 1.00. The van der Waals surface area contributed by atoms with Gasteiger partial charge in [-0.1, -0.05) is 55.4 Å². The summed E-state index contributed by atoms with van der Waals surface area (Å²) in [5.41, 5.74) is 0.0381. The predicted octanol–water partition coefficient (Wildman–Crippen LogP) is 9.42. The molecule has 0 aromatic heterocycles. The lowest BCUT2D eigenvalue weighted by atomic mass is 9.42. The molecule has 0 bridgehead atoms. The van der Waals surface area contributed by atoms with Gasteiger partial charge in [0, 0.05) is 0 Å². The Morgan fingerprint density at radius 3 is 2.03 bits per heavy atom. The van der Waals surface area contributed by atoms with Crippen LogP contribution in [0.1, 0.15) is 152 Å². The summed E-state index contributed by atoms with van der Waals surface area (Å²) in [6.45, 7) is 19.3. The monoisotopic (exact) mass is 528 g/mol. The second-order valence-corrected chi connectivity index (χ2v) is 17.7. The highest BCUT2D eigenvalue weighted by Crippen LogP contribution is 2.69. The summed E-state index contributed by atoms with van der Waals surface area (Å²) < 4.78 is 0. The molecule has 0 aromatic rings. The first-order chi connectivity index (χ1) is 17.6. The lowest BCUT2D eigenvalue weighted by molar-refractivity contribution is -0.179. The molecule has 0 radical (unpaired) electrons. The normalized spacial score (nSPS) is 50.3. The molecule has 0 spiro atoms. The van der Waals surface area contributed by atoms with Crippen LogP contribution in [0.4, 0.5) is 0 Å². The first-order valence-electron chi connectivity index (χ1n) is 17.1. The van der Waals surface area contributed by atoms with Crippen molar-refractivity contribution in [3.63, 3.8) is 0 Å². The van der Waals surface area contributed by atoms with E-state index in [0.29, 0.717) is 16.7 Å². The second-order valence-electron chi connectivity index (χ2n) is 17.7. The Bertz CT molecular complexity index is 833. The van der Waals surface area contributed by atoms with E-state index in [1.807, 2.05) is 0 Å². The SMILES string of the molecule is CC(C)C1CCC(O)(CC[C@@H](C)[C@H]2CC[C@H]3[C@@H]4CC[C@H]5C[C@](O)(C(C)(C)C)CC[C@]5(C)[C@H]4CC[C@]23C)CC1. The van der Waals surface area contributed by atoms with Crippen molar-refractivity contribution < 1.29 is 10.2 Å². The van der Waals surface area contributed by atoms with Crippen LogP contribution in [0.2, 0.25) is 0 Å². The van der Waals surface area contributed by atoms with Gasteiger partial charge >= 0.3 is 0 Å². The van der Waals surface area contributed by atoms with Crippen molar-refractivity contribution >= 4 is 0 Å². The van der Waals surface area contributed by atoms with E-state index in [9.17, 15) is 10.2 Å². The van der Waals surface area contributed by atoms with Gasteiger partial charge in [0.1, 0.15) is 0 Å². The maximum absolute atomic E-state index is 11.6. The molecule has 5 aliphatic carbocycles.